The van der Waals surface area contributed by atoms with Crippen LogP contribution in [0.5, 0.6) is 0 Å². The number of thioether (sulfide) groups is 1. The van der Waals surface area contributed by atoms with Gasteiger partial charge in [0.25, 0.3) is 5.91 Å². The predicted molar refractivity (Wildman–Crippen MR) is 178 cm³/mol. The molecule has 9 N–H and O–H groups in total. The van der Waals surface area contributed by atoms with E-state index in [2.05, 4.69) is 35.9 Å². The number of anilines is 2. The van der Waals surface area contributed by atoms with Crippen molar-refractivity contribution in [1.29, 1.82) is 5.41 Å². The van der Waals surface area contributed by atoms with Gasteiger partial charge in [-0.1, -0.05) is 0 Å². The lowest BCUT2D eigenvalue weighted by Gasteiger charge is -2.19. The number of rotatable bonds is 17. The second-order valence-corrected chi connectivity index (χ2v) is 12.3. The van der Waals surface area contributed by atoms with Gasteiger partial charge in [-0.05, 0) is 30.7 Å². The van der Waals surface area contributed by atoms with E-state index in [0.29, 0.717) is 11.4 Å². The van der Waals surface area contributed by atoms with Crippen molar-refractivity contribution in [3.05, 3.63) is 47.2 Å². The van der Waals surface area contributed by atoms with Gasteiger partial charge in [-0.2, -0.15) is 4.98 Å². The van der Waals surface area contributed by atoms with Crippen LogP contribution in [0.15, 0.2) is 30.5 Å². The molecule has 0 aliphatic carbocycles. The molecule has 1 aliphatic heterocycles. The summed E-state index contributed by atoms with van der Waals surface area (Å²) in [6, 6.07) is 3.41. The minimum Gasteiger partial charge on any atom is -0.481 e. The van der Waals surface area contributed by atoms with E-state index >= 15 is 0 Å². The number of nitrogens with two attached hydrogens (primary N) is 1. The van der Waals surface area contributed by atoms with Gasteiger partial charge in [0.15, 0.2) is 16.7 Å². The first kappa shape index (κ1) is 37.7. The molecule has 3 aromatic rings. The summed E-state index contributed by atoms with van der Waals surface area (Å²) in [5.41, 5.74) is 7.27. The number of hydrogen-bond donors (Lipinski definition) is 8. The van der Waals surface area contributed by atoms with Crippen molar-refractivity contribution in [2.45, 2.75) is 49.6 Å². The number of ether oxygens (including phenoxy) is 1. The smallest absolute Gasteiger partial charge is 0.329 e. The van der Waals surface area contributed by atoms with Crippen molar-refractivity contribution in [1.82, 2.24) is 35.5 Å². The average Bonchev–Trinajstić information content (AvgIpc) is 3.37. The zero-order valence-corrected chi connectivity index (χ0v) is 27.8. The van der Waals surface area contributed by atoms with Crippen LogP contribution in [0.1, 0.15) is 41.7 Å². The molecule has 4 amide bonds. The number of carboxylic acids is 2. The average molecular weight is 727 g/mol. The van der Waals surface area contributed by atoms with Gasteiger partial charge in [-0.3, -0.25) is 34.3 Å². The maximum Gasteiger partial charge on any atom is 0.329 e. The number of likely N-dealkylation sites (tertiary alicyclic amines) is 1. The van der Waals surface area contributed by atoms with Gasteiger partial charge in [0, 0.05) is 36.4 Å². The van der Waals surface area contributed by atoms with Crippen molar-refractivity contribution >= 4 is 76.1 Å². The van der Waals surface area contributed by atoms with E-state index in [1.54, 1.807) is 12.1 Å². The summed E-state index contributed by atoms with van der Waals surface area (Å²) < 4.78 is 4.73. The minimum absolute atomic E-state index is 0.0368. The van der Waals surface area contributed by atoms with Gasteiger partial charge < -0.3 is 41.6 Å². The number of nitrogens with zero attached hydrogens (tertiary/aromatic N) is 4. The number of carboxylic acid groups (broad SMARTS) is 2. The topological polar surface area (TPSA) is 313 Å². The number of esters is 1. The molecule has 0 spiro atoms. The Morgan fingerprint density at radius 1 is 1.10 bits per heavy atom. The third-order valence-electron chi connectivity index (χ3n) is 7.44. The molecule has 0 bridgehead atoms. The van der Waals surface area contributed by atoms with Gasteiger partial charge in [0.1, 0.15) is 12.1 Å². The van der Waals surface area contributed by atoms with Gasteiger partial charge in [0.05, 0.1) is 37.2 Å². The molecular weight excluding hydrogens is 692 g/mol. The SMILES string of the molecule is COC(=O)[C@H](CSC1CC(=O)N(CCC(=O)O)C1=O)NC(=O)CC[C@H](NC(=O)c1ccc(NCc2cnc3nc(N)[nH]c(=N)c3n2)cc1)C(=O)O. The van der Waals surface area contributed by atoms with Crippen LogP contribution in [-0.4, -0.2) is 113 Å². The first-order valence-electron chi connectivity index (χ1n) is 15.2. The Hall–Kier alpha value is -6.12. The van der Waals surface area contributed by atoms with E-state index in [0.717, 1.165) is 23.8 Å². The molecule has 3 heterocycles. The molecule has 1 fully saturated rings. The number of methoxy groups -OCH3 is 1. The Morgan fingerprint density at radius 3 is 2.49 bits per heavy atom. The van der Waals surface area contributed by atoms with Crippen LogP contribution >= 0.6 is 11.8 Å². The zero-order valence-electron chi connectivity index (χ0n) is 27.0. The fourth-order valence-electron chi connectivity index (χ4n) is 4.80. The second-order valence-electron chi connectivity index (χ2n) is 11.1. The summed E-state index contributed by atoms with van der Waals surface area (Å²) in [6.45, 7) is -0.0557. The van der Waals surface area contributed by atoms with Crippen LogP contribution in [-0.2, 0) is 40.0 Å². The molecule has 1 saturated heterocycles. The fraction of sp³-hybridized carbons (Fsp3) is 0.367. The van der Waals surface area contributed by atoms with Gasteiger partial charge in [-0.15, -0.1) is 11.8 Å². The lowest BCUT2D eigenvalue weighted by molar-refractivity contribution is -0.144. The molecule has 1 aliphatic rings. The van der Waals surface area contributed by atoms with E-state index in [4.69, 9.17) is 21.0 Å². The zero-order chi connectivity index (χ0) is 37.2. The number of aliphatic carboxylic acids is 2. The largest absolute Gasteiger partial charge is 0.481 e. The lowest BCUT2D eigenvalue weighted by atomic mass is 10.1. The van der Waals surface area contributed by atoms with Gasteiger partial charge >= 0.3 is 17.9 Å². The maximum absolute atomic E-state index is 12.8. The van der Waals surface area contributed by atoms with Gasteiger partial charge in [0.2, 0.25) is 23.7 Å². The number of aromatic amines is 1. The molecule has 3 atom stereocenters. The highest BCUT2D eigenvalue weighted by molar-refractivity contribution is 8.00. The Bertz CT molecular complexity index is 1900. The summed E-state index contributed by atoms with van der Waals surface area (Å²) in [4.78, 5) is 101. The molecule has 1 aromatic carbocycles. The molecule has 2 aromatic heterocycles. The molecule has 0 saturated carbocycles. The van der Waals surface area contributed by atoms with Crippen molar-refractivity contribution in [3.8, 4) is 0 Å². The number of nitrogens with one attached hydrogen (secondary N) is 5. The quantitative estimate of drug-likeness (QED) is 0.0610. The number of benzene rings is 1. The highest BCUT2D eigenvalue weighted by atomic mass is 32.2. The lowest BCUT2D eigenvalue weighted by Crippen LogP contribution is -2.45. The minimum atomic E-state index is -1.46. The Kier molecular flexibility index (Phi) is 12.6. The van der Waals surface area contributed by atoms with Crippen LogP contribution in [0.2, 0.25) is 0 Å². The van der Waals surface area contributed by atoms with Crippen molar-refractivity contribution in [2.24, 2.45) is 0 Å². The number of imide groups is 1. The number of carbonyl (C=O) groups excluding carboxylic acids is 5. The van der Waals surface area contributed by atoms with E-state index < -0.39 is 71.7 Å². The highest BCUT2D eigenvalue weighted by Crippen LogP contribution is 2.26. The molecule has 51 heavy (non-hydrogen) atoms. The first-order valence-corrected chi connectivity index (χ1v) is 16.3. The molecule has 0 radical (unpaired) electrons. The Morgan fingerprint density at radius 2 is 1.82 bits per heavy atom. The van der Waals surface area contributed by atoms with Gasteiger partial charge in [-0.25, -0.2) is 19.6 Å². The summed E-state index contributed by atoms with van der Waals surface area (Å²) in [6.07, 6.45) is 0.141. The molecular formula is C30H34N10O10S. The third-order valence-corrected chi connectivity index (χ3v) is 8.74. The summed E-state index contributed by atoms with van der Waals surface area (Å²) >= 11 is 0.916. The van der Waals surface area contributed by atoms with Crippen LogP contribution in [0, 0.1) is 5.41 Å². The summed E-state index contributed by atoms with van der Waals surface area (Å²) in [5, 5.41) is 33.5. The molecule has 21 heteroatoms. The number of hydrogen-bond acceptors (Lipinski definition) is 15. The molecule has 270 valence electrons. The maximum atomic E-state index is 12.8. The number of nitrogen functional groups attached to an aromatic ring is 1. The highest BCUT2D eigenvalue weighted by Gasteiger charge is 2.39. The Labute approximate surface area is 292 Å². The number of fused-ring (bicyclic) bond motifs is 1. The van der Waals surface area contributed by atoms with Crippen molar-refractivity contribution in [2.75, 3.05) is 30.5 Å². The van der Waals surface area contributed by atoms with E-state index in [1.807, 2.05) is 0 Å². The third kappa shape index (κ3) is 10.2. The molecule has 4 rings (SSSR count). The van der Waals surface area contributed by atoms with Crippen molar-refractivity contribution < 1.29 is 48.5 Å². The van der Waals surface area contributed by atoms with E-state index in [1.165, 1.54) is 18.3 Å². The van der Waals surface area contributed by atoms with Crippen LogP contribution < -0.4 is 27.2 Å². The molecule has 20 nitrogen and oxygen atoms in total. The number of carbonyl (C=O) groups is 7. The molecule has 1 unspecified atom stereocenters. The predicted octanol–water partition coefficient (Wildman–Crippen LogP) is -1.02. The Balaban J connectivity index is 1.27. The second kappa shape index (κ2) is 17.0. The monoisotopic (exact) mass is 726 g/mol. The van der Waals surface area contributed by atoms with Crippen LogP contribution in [0.3, 0.4) is 0 Å². The number of aromatic nitrogens is 4. The number of H-pyrrole nitrogens is 1. The standard InChI is InChI=1S/C30H34N10O10S/c1-50-29(49)18(13-51-19-10-21(42)40(27(19)46)9-8-22(43)44)36-20(41)7-6-17(28(47)48)37-26(45)14-2-4-15(5-3-14)33-11-16-12-34-25-23(35-16)24(31)38-30(32)39-25/h2-5,12,17-19,33H,6-11,13H2,1H3,(H,36,41)(H,37,45)(H,43,44)(H,47,48)(H4,31,32,34,38,39)/t17-,18-,19?/m0/s1. The normalized spacial score (nSPS) is 15.2. The summed E-state index contributed by atoms with van der Waals surface area (Å²) in [7, 11) is 1.09. The number of amides is 4. The van der Waals surface area contributed by atoms with Crippen LogP contribution in [0.4, 0.5) is 11.6 Å². The van der Waals surface area contributed by atoms with E-state index in [-0.39, 0.29) is 59.8 Å². The van der Waals surface area contributed by atoms with Crippen LogP contribution in [0.25, 0.3) is 11.2 Å². The van der Waals surface area contributed by atoms with Crippen molar-refractivity contribution in [3.63, 3.8) is 0 Å². The first-order chi connectivity index (χ1) is 24.2. The van der Waals surface area contributed by atoms with E-state index in [9.17, 15) is 38.7 Å². The fourth-order valence-corrected chi connectivity index (χ4v) is 5.98. The summed E-state index contributed by atoms with van der Waals surface area (Å²) in [5.74, 6) is -6.12.